The van der Waals surface area contributed by atoms with Crippen LogP contribution in [0.2, 0.25) is 0 Å². The van der Waals surface area contributed by atoms with E-state index < -0.39 is 0 Å². The van der Waals surface area contributed by atoms with Crippen LogP contribution < -0.4 is 5.32 Å². The molecule has 0 unspecified atom stereocenters. The Labute approximate surface area is 173 Å². The summed E-state index contributed by atoms with van der Waals surface area (Å²) in [7, 11) is 0. The maximum Gasteiger partial charge on any atom is 0.246 e. The zero-order valence-electron chi connectivity index (χ0n) is 16.4. The van der Waals surface area contributed by atoms with Gasteiger partial charge < -0.3 is 10.2 Å². The average Bonchev–Trinajstić information content (AvgIpc) is 3.36. The highest BCUT2D eigenvalue weighted by Gasteiger charge is 2.27. The fourth-order valence-corrected chi connectivity index (χ4v) is 4.01. The minimum Gasteiger partial charge on any atom is -0.338 e. The first-order chi connectivity index (χ1) is 14.1. The summed E-state index contributed by atoms with van der Waals surface area (Å²) in [5.74, 6) is 1.66. The highest BCUT2D eigenvalue weighted by molar-refractivity contribution is 7.15. The number of likely N-dealkylation sites (tertiary alicyclic amines) is 1. The van der Waals surface area contributed by atoms with Crippen LogP contribution in [0.5, 0.6) is 0 Å². The van der Waals surface area contributed by atoms with Crippen LogP contribution in [0.15, 0.2) is 42.9 Å². The topological polar surface area (TPSA) is 83.9 Å². The molecule has 0 saturated carbocycles. The van der Waals surface area contributed by atoms with E-state index in [1.165, 1.54) is 0 Å². The van der Waals surface area contributed by atoms with Crippen LogP contribution in [0.3, 0.4) is 0 Å². The largest absolute Gasteiger partial charge is 0.338 e. The Kier molecular flexibility index (Phi) is 5.62. The number of nitrogens with one attached hydrogen (secondary N) is 1. The third-order valence-electron chi connectivity index (χ3n) is 4.74. The Bertz CT molecular complexity index is 1030. The van der Waals surface area contributed by atoms with Gasteiger partial charge in [-0.05, 0) is 38.0 Å². The molecule has 1 fully saturated rings. The van der Waals surface area contributed by atoms with Gasteiger partial charge in [0.25, 0.3) is 0 Å². The molecule has 1 amide bonds. The molecule has 3 aromatic rings. The minimum atomic E-state index is 0.0127. The summed E-state index contributed by atoms with van der Waals surface area (Å²) >= 11 is 1.59. The Balaban J connectivity index is 1.43. The predicted octanol–water partition coefficient (Wildman–Crippen LogP) is 3.72. The van der Waals surface area contributed by atoms with E-state index in [0.29, 0.717) is 12.4 Å². The number of hydrogen-bond acceptors (Lipinski definition) is 7. The summed E-state index contributed by atoms with van der Waals surface area (Å²) in [6, 6.07) is 5.74. The molecule has 1 atom stereocenters. The lowest BCUT2D eigenvalue weighted by Crippen LogP contribution is -2.26. The van der Waals surface area contributed by atoms with Crippen molar-refractivity contribution in [3.8, 4) is 0 Å². The van der Waals surface area contributed by atoms with Crippen molar-refractivity contribution >= 4 is 34.3 Å². The van der Waals surface area contributed by atoms with Crippen molar-refractivity contribution < 1.29 is 4.79 Å². The number of nitrogens with zero attached hydrogens (tertiary/aromatic N) is 5. The standard InChI is InChI=1S/C21H22N6OS/c1-14-11-23-21(29-14)26-19-10-18(24-15(2)25-19)17-7-9-27(13-17)20(28)6-5-16-4-3-8-22-12-16/h3-6,8,10-12,17H,7,9,13H2,1-2H3,(H,23,24,25,26)/b6-5+/t17-/m0/s1. The third-order valence-corrected chi connectivity index (χ3v) is 5.56. The van der Waals surface area contributed by atoms with Crippen LogP contribution in [0.4, 0.5) is 10.9 Å². The fourth-order valence-electron chi connectivity index (χ4n) is 3.34. The number of hydrogen-bond donors (Lipinski definition) is 1. The van der Waals surface area contributed by atoms with Gasteiger partial charge >= 0.3 is 0 Å². The monoisotopic (exact) mass is 406 g/mol. The summed E-state index contributed by atoms with van der Waals surface area (Å²) in [5.41, 5.74) is 1.87. The van der Waals surface area contributed by atoms with Crippen LogP contribution in [0.1, 0.15) is 34.3 Å². The maximum absolute atomic E-state index is 12.5. The van der Waals surface area contributed by atoms with E-state index in [1.54, 1.807) is 35.9 Å². The van der Waals surface area contributed by atoms with Gasteiger partial charge in [-0.3, -0.25) is 9.78 Å². The first-order valence-corrected chi connectivity index (χ1v) is 10.3. The van der Waals surface area contributed by atoms with E-state index in [0.717, 1.165) is 40.0 Å². The number of pyridine rings is 1. The zero-order valence-corrected chi connectivity index (χ0v) is 17.2. The number of amides is 1. The van der Waals surface area contributed by atoms with E-state index >= 15 is 0 Å². The number of aromatic nitrogens is 4. The molecule has 7 nitrogen and oxygen atoms in total. The summed E-state index contributed by atoms with van der Waals surface area (Å²) < 4.78 is 0. The van der Waals surface area contributed by atoms with Gasteiger partial charge in [0.1, 0.15) is 11.6 Å². The fraction of sp³-hybridized carbons (Fsp3) is 0.286. The van der Waals surface area contributed by atoms with Gasteiger partial charge in [-0.25, -0.2) is 15.0 Å². The summed E-state index contributed by atoms with van der Waals surface area (Å²) in [5, 5.41) is 4.08. The van der Waals surface area contributed by atoms with Crippen molar-refractivity contribution in [1.29, 1.82) is 0 Å². The smallest absolute Gasteiger partial charge is 0.246 e. The molecule has 0 aromatic carbocycles. The highest BCUT2D eigenvalue weighted by Crippen LogP contribution is 2.29. The molecule has 1 saturated heterocycles. The normalized spacial score (nSPS) is 16.5. The van der Waals surface area contributed by atoms with Gasteiger partial charge in [-0.2, -0.15) is 0 Å². The minimum absolute atomic E-state index is 0.0127. The number of carbonyl (C=O) groups excluding carboxylic acids is 1. The van der Waals surface area contributed by atoms with Crippen LogP contribution in [-0.2, 0) is 4.79 Å². The Hall–Kier alpha value is -3.13. The lowest BCUT2D eigenvalue weighted by molar-refractivity contribution is -0.124. The van der Waals surface area contributed by atoms with Crippen LogP contribution in [0.25, 0.3) is 6.08 Å². The molecule has 4 heterocycles. The van der Waals surface area contributed by atoms with Gasteiger partial charge in [0.2, 0.25) is 5.91 Å². The molecule has 1 aliphatic rings. The molecule has 4 rings (SSSR count). The molecule has 8 heteroatoms. The van der Waals surface area contributed by atoms with Crippen LogP contribution in [0, 0.1) is 13.8 Å². The Morgan fingerprint density at radius 3 is 2.97 bits per heavy atom. The zero-order chi connectivity index (χ0) is 20.2. The number of rotatable bonds is 5. The molecule has 148 valence electrons. The van der Waals surface area contributed by atoms with Crippen molar-refractivity contribution in [3.05, 3.63) is 64.8 Å². The van der Waals surface area contributed by atoms with Crippen LogP contribution in [-0.4, -0.2) is 43.8 Å². The van der Waals surface area contributed by atoms with E-state index in [2.05, 4.69) is 25.3 Å². The molecule has 1 aliphatic heterocycles. The lowest BCUT2D eigenvalue weighted by atomic mass is 10.0. The molecular weight excluding hydrogens is 384 g/mol. The SMILES string of the molecule is Cc1nc(Nc2ncc(C)s2)cc([C@H]2CCN(C(=O)/C=C/c3cccnc3)C2)n1. The molecular formula is C21H22N6OS. The first kappa shape index (κ1) is 19.2. The third kappa shape index (κ3) is 4.83. The van der Waals surface area contributed by atoms with Gasteiger partial charge in [-0.1, -0.05) is 6.07 Å². The number of aryl methyl sites for hydroxylation is 2. The maximum atomic E-state index is 12.5. The Morgan fingerprint density at radius 1 is 1.31 bits per heavy atom. The molecule has 0 spiro atoms. The second-order valence-electron chi connectivity index (χ2n) is 7.02. The van der Waals surface area contributed by atoms with E-state index in [1.807, 2.05) is 43.1 Å². The lowest BCUT2D eigenvalue weighted by Gasteiger charge is -2.15. The van der Waals surface area contributed by atoms with E-state index in [4.69, 9.17) is 0 Å². The first-order valence-electron chi connectivity index (χ1n) is 9.49. The van der Waals surface area contributed by atoms with Crippen molar-refractivity contribution in [3.63, 3.8) is 0 Å². The van der Waals surface area contributed by atoms with Gasteiger partial charge in [-0.15, -0.1) is 11.3 Å². The van der Waals surface area contributed by atoms with Crippen molar-refractivity contribution in [2.24, 2.45) is 0 Å². The molecule has 0 radical (unpaired) electrons. The van der Waals surface area contributed by atoms with Gasteiger partial charge in [0.15, 0.2) is 5.13 Å². The number of anilines is 2. The number of carbonyl (C=O) groups is 1. The number of thiazole rings is 1. The summed E-state index contributed by atoms with van der Waals surface area (Å²) in [6.45, 7) is 5.28. The molecule has 0 bridgehead atoms. The summed E-state index contributed by atoms with van der Waals surface area (Å²) in [6.07, 6.45) is 9.59. The second kappa shape index (κ2) is 8.48. The van der Waals surface area contributed by atoms with Gasteiger partial charge in [0.05, 0.1) is 5.69 Å². The van der Waals surface area contributed by atoms with Crippen molar-refractivity contribution in [2.75, 3.05) is 18.4 Å². The predicted molar refractivity (Wildman–Crippen MR) is 114 cm³/mol. The van der Waals surface area contributed by atoms with Crippen LogP contribution >= 0.6 is 11.3 Å². The highest BCUT2D eigenvalue weighted by atomic mass is 32.1. The molecule has 0 aliphatic carbocycles. The molecule has 1 N–H and O–H groups in total. The van der Waals surface area contributed by atoms with Crippen molar-refractivity contribution in [2.45, 2.75) is 26.2 Å². The molecule has 29 heavy (non-hydrogen) atoms. The quantitative estimate of drug-likeness (QED) is 0.650. The Morgan fingerprint density at radius 2 is 2.21 bits per heavy atom. The summed E-state index contributed by atoms with van der Waals surface area (Å²) in [4.78, 5) is 33.0. The average molecular weight is 407 g/mol. The van der Waals surface area contributed by atoms with E-state index in [-0.39, 0.29) is 11.8 Å². The van der Waals surface area contributed by atoms with E-state index in [9.17, 15) is 4.79 Å². The molecule has 3 aromatic heterocycles. The van der Waals surface area contributed by atoms with Gasteiger partial charge in [0, 0.05) is 54.6 Å². The van der Waals surface area contributed by atoms with Crippen molar-refractivity contribution in [1.82, 2.24) is 24.8 Å². The second-order valence-corrected chi connectivity index (χ2v) is 8.25.